The monoisotopic (exact) mass is 837 g/mol. The van der Waals surface area contributed by atoms with Crippen molar-refractivity contribution in [3.8, 4) is 0 Å². The third-order valence-corrected chi connectivity index (χ3v) is 14.9. The van der Waals surface area contributed by atoms with Crippen LogP contribution in [-0.4, -0.2) is 101 Å². The molecule has 10 rings (SSSR count). The SMILES string of the molecule is C/C(NCC1CC2(C)CC3(C)CC1CC(OCCN1CCOCC1)(C2)C3)=C(/C=N)c1ccc(N2CCCc3c2nnc(Nc2nc4cccc(F)c4s2)c3C)nc1C(=O)O. The van der Waals surface area contributed by atoms with Crippen molar-refractivity contribution in [2.75, 3.05) is 62.8 Å². The first-order chi connectivity index (χ1) is 28.8. The molecule has 2 aliphatic heterocycles. The van der Waals surface area contributed by atoms with E-state index in [2.05, 4.69) is 44.6 Å². The van der Waals surface area contributed by atoms with Crippen LogP contribution >= 0.6 is 11.3 Å². The molecule has 13 nitrogen and oxygen atoms in total. The van der Waals surface area contributed by atoms with Gasteiger partial charge in [-0.1, -0.05) is 31.3 Å². The fraction of sp³-hybridized carbons (Fsp3) is 0.556. The molecule has 5 atom stereocenters. The number of carboxylic acid groups (broad SMARTS) is 1. The van der Waals surface area contributed by atoms with Crippen molar-refractivity contribution in [2.24, 2.45) is 22.7 Å². The van der Waals surface area contributed by atoms with Crippen LogP contribution in [0.2, 0.25) is 0 Å². The summed E-state index contributed by atoms with van der Waals surface area (Å²) in [4.78, 5) is 26.5. The molecule has 4 N–H and O–H groups in total. The van der Waals surface area contributed by atoms with Gasteiger partial charge in [-0.15, -0.1) is 10.2 Å². The molecule has 4 aliphatic carbocycles. The highest BCUT2D eigenvalue weighted by molar-refractivity contribution is 7.22. The number of thiazole rings is 1. The summed E-state index contributed by atoms with van der Waals surface area (Å²) < 4.78 is 27.4. The van der Waals surface area contributed by atoms with Crippen molar-refractivity contribution in [3.05, 3.63) is 64.2 Å². The molecule has 4 bridgehead atoms. The van der Waals surface area contributed by atoms with E-state index in [1.165, 1.54) is 36.5 Å². The number of carboxylic acids is 1. The number of rotatable bonds is 13. The number of hydrogen-bond acceptors (Lipinski definition) is 13. The van der Waals surface area contributed by atoms with Crippen molar-refractivity contribution >= 4 is 61.9 Å². The Labute approximate surface area is 354 Å². The Kier molecular flexibility index (Phi) is 10.9. The molecule has 60 heavy (non-hydrogen) atoms. The van der Waals surface area contributed by atoms with Gasteiger partial charge >= 0.3 is 5.97 Å². The number of anilines is 4. The summed E-state index contributed by atoms with van der Waals surface area (Å²) in [6.07, 6.45) is 9.65. The minimum atomic E-state index is -1.16. The number of hydrogen-bond donors (Lipinski definition) is 4. The second-order valence-corrected chi connectivity index (χ2v) is 19.7. The maximum absolute atomic E-state index is 14.4. The normalized spacial score (nSPS) is 28.0. The van der Waals surface area contributed by atoms with Gasteiger partial charge < -0.3 is 35.5 Å². The van der Waals surface area contributed by atoms with E-state index in [4.69, 9.17) is 19.9 Å². The molecule has 0 spiro atoms. The van der Waals surface area contributed by atoms with Gasteiger partial charge in [0.1, 0.15) is 11.6 Å². The Bertz CT molecular complexity index is 2350. The topological polar surface area (TPSA) is 162 Å². The third-order valence-electron chi connectivity index (χ3n) is 13.9. The number of carbonyl (C=O) groups is 1. The Balaban J connectivity index is 0.920. The molecule has 5 unspecified atom stereocenters. The minimum absolute atomic E-state index is 0.0855. The molecule has 0 radical (unpaired) electrons. The number of ether oxygens (including phenoxy) is 2. The van der Waals surface area contributed by atoms with Crippen molar-refractivity contribution < 1.29 is 23.8 Å². The second-order valence-electron chi connectivity index (χ2n) is 18.7. The minimum Gasteiger partial charge on any atom is -0.476 e. The molecule has 1 aromatic carbocycles. The predicted molar refractivity (Wildman–Crippen MR) is 232 cm³/mol. The summed E-state index contributed by atoms with van der Waals surface area (Å²) in [7, 11) is 0. The molecule has 4 saturated carbocycles. The van der Waals surface area contributed by atoms with Crippen LogP contribution in [0.1, 0.15) is 92.9 Å². The average Bonchev–Trinajstić information content (AvgIpc) is 3.58. The van der Waals surface area contributed by atoms with Crippen molar-refractivity contribution in [1.82, 2.24) is 30.4 Å². The highest BCUT2D eigenvalue weighted by Crippen LogP contribution is 2.66. The lowest BCUT2D eigenvalue weighted by Gasteiger charge is -2.56. The Morgan fingerprint density at radius 3 is 2.65 bits per heavy atom. The van der Waals surface area contributed by atoms with E-state index in [-0.39, 0.29) is 27.9 Å². The molecular weight excluding hydrogens is 782 g/mol. The van der Waals surface area contributed by atoms with Gasteiger partial charge in [-0.05, 0) is 112 Å². The number of fused-ring (bicyclic) bond motifs is 3. The first kappa shape index (κ1) is 40.8. The van der Waals surface area contributed by atoms with Gasteiger partial charge in [-0.3, -0.25) is 4.90 Å². The number of allylic oxidation sites excluding steroid dienone is 2. The second kappa shape index (κ2) is 16.0. The van der Waals surface area contributed by atoms with Gasteiger partial charge in [-0.2, -0.15) is 0 Å². The summed E-state index contributed by atoms with van der Waals surface area (Å²) in [5.41, 5.74) is 4.34. The number of halogens is 1. The lowest BCUT2D eigenvalue weighted by Crippen LogP contribution is -2.53. The largest absolute Gasteiger partial charge is 0.476 e. The van der Waals surface area contributed by atoms with E-state index in [0.29, 0.717) is 62.3 Å². The summed E-state index contributed by atoms with van der Waals surface area (Å²) in [5.74, 6) is 1.09. The fourth-order valence-corrected chi connectivity index (χ4v) is 12.7. The lowest BCUT2D eigenvalue weighted by atomic mass is 9.53. The van der Waals surface area contributed by atoms with Crippen molar-refractivity contribution in [1.29, 1.82) is 5.41 Å². The Morgan fingerprint density at radius 1 is 1.08 bits per heavy atom. The van der Waals surface area contributed by atoms with Gasteiger partial charge in [-0.25, -0.2) is 19.2 Å². The highest BCUT2D eigenvalue weighted by atomic mass is 32.1. The van der Waals surface area contributed by atoms with Crippen LogP contribution in [0.25, 0.3) is 15.8 Å². The zero-order valence-electron chi connectivity index (χ0n) is 35.1. The third kappa shape index (κ3) is 7.89. The number of aromatic carboxylic acids is 1. The zero-order valence-corrected chi connectivity index (χ0v) is 35.9. The molecule has 5 fully saturated rings. The van der Waals surface area contributed by atoms with E-state index >= 15 is 0 Å². The quantitative estimate of drug-likeness (QED) is 0.0959. The maximum atomic E-state index is 14.4. The maximum Gasteiger partial charge on any atom is 0.355 e. The molecular formula is C45H56FN9O4S. The zero-order chi connectivity index (χ0) is 41.8. The van der Waals surface area contributed by atoms with Crippen LogP contribution in [-0.2, 0) is 15.9 Å². The molecule has 318 valence electrons. The summed E-state index contributed by atoms with van der Waals surface area (Å²) in [6, 6.07) is 8.41. The molecule has 4 aromatic rings. The van der Waals surface area contributed by atoms with E-state index in [1.807, 2.05) is 24.8 Å². The van der Waals surface area contributed by atoms with Gasteiger partial charge in [0.25, 0.3) is 0 Å². The van der Waals surface area contributed by atoms with Crippen molar-refractivity contribution in [3.63, 3.8) is 0 Å². The molecule has 3 aromatic heterocycles. The molecule has 1 saturated heterocycles. The van der Waals surface area contributed by atoms with E-state index in [0.717, 1.165) is 101 Å². The number of nitrogens with zero attached hydrogens (tertiary/aromatic N) is 6. The lowest BCUT2D eigenvalue weighted by molar-refractivity contribution is -0.166. The van der Waals surface area contributed by atoms with Gasteiger partial charge in [0.05, 0.1) is 35.6 Å². The number of pyridine rings is 1. The summed E-state index contributed by atoms with van der Waals surface area (Å²) in [6.45, 7) is 15.5. The molecule has 5 heterocycles. The molecule has 0 amide bonds. The number of benzene rings is 1. The van der Waals surface area contributed by atoms with Gasteiger partial charge in [0.15, 0.2) is 22.5 Å². The number of morpholine rings is 1. The molecule has 15 heteroatoms. The first-order valence-corrected chi connectivity index (χ1v) is 22.3. The number of nitrogens with one attached hydrogen (secondary N) is 3. The van der Waals surface area contributed by atoms with Crippen LogP contribution in [0.15, 0.2) is 36.0 Å². The van der Waals surface area contributed by atoms with E-state index in [9.17, 15) is 14.3 Å². The predicted octanol–water partition coefficient (Wildman–Crippen LogP) is 8.14. The van der Waals surface area contributed by atoms with Crippen LogP contribution in [0, 0.1) is 40.8 Å². The first-order valence-electron chi connectivity index (χ1n) is 21.4. The van der Waals surface area contributed by atoms with Gasteiger partial charge in [0.2, 0.25) is 0 Å². The van der Waals surface area contributed by atoms with Crippen LogP contribution < -0.4 is 15.5 Å². The van der Waals surface area contributed by atoms with E-state index in [1.54, 1.807) is 18.2 Å². The van der Waals surface area contributed by atoms with Crippen molar-refractivity contribution in [2.45, 2.75) is 84.7 Å². The fourth-order valence-electron chi connectivity index (χ4n) is 11.9. The van der Waals surface area contributed by atoms with Crippen LogP contribution in [0.5, 0.6) is 0 Å². The molecule has 6 aliphatic rings. The smallest absolute Gasteiger partial charge is 0.355 e. The summed E-state index contributed by atoms with van der Waals surface area (Å²) in [5, 5.41) is 35.5. The van der Waals surface area contributed by atoms with E-state index < -0.39 is 5.97 Å². The van der Waals surface area contributed by atoms with Gasteiger partial charge in [0, 0.05) is 66.9 Å². The van der Waals surface area contributed by atoms with Crippen LogP contribution in [0.4, 0.5) is 27.0 Å². The number of aromatic nitrogens is 4. The summed E-state index contributed by atoms with van der Waals surface area (Å²) >= 11 is 1.22. The Morgan fingerprint density at radius 2 is 1.88 bits per heavy atom. The Hall–Kier alpha value is -4.57. The average molecular weight is 838 g/mol. The van der Waals surface area contributed by atoms with Crippen LogP contribution in [0.3, 0.4) is 0 Å². The standard InChI is InChI=1S/C45H56FN9O4S/c1-27-31-7-6-12-55(40(31)53-52-39(27)51-42-49-35-9-5-8-34(46)38(35)60-42)36-11-10-32(37(50-36)41(56)57)33(22-47)28(2)48-23-30-20-44(4)24-43(3)19-29(30)21-45(25-43,26-44)59-18-15-54-13-16-58-17-14-54/h5,8-11,22,29-30,47-48H,6-7,12-21,23-26H2,1-4H3,(H,56,57)(H,49,51,52)/b33-28+,47-22?. The highest BCUT2D eigenvalue weighted by Gasteiger charge is 2.60.